The molecule has 8 heteroatoms. The fraction of sp³-hybridized carbons (Fsp3) is 0.273. The summed E-state index contributed by atoms with van der Waals surface area (Å²) in [5.41, 5.74) is 8.52. The zero-order valence-electron chi connectivity index (χ0n) is 16.4. The number of carbonyl (C=O) groups is 1. The average Bonchev–Trinajstić information content (AvgIpc) is 2.75. The summed E-state index contributed by atoms with van der Waals surface area (Å²) in [5.74, 6) is 1.33. The molecule has 0 saturated carbocycles. The molecule has 4 rings (SSSR count). The number of benzene rings is 2. The number of fused-ring (bicyclic) bond motifs is 2. The van der Waals surface area contributed by atoms with Crippen molar-refractivity contribution >= 4 is 41.6 Å². The smallest absolute Gasteiger partial charge is 0.252 e. The lowest BCUT2D eigenvalue weighted by molar-refractivity contribution is 0.0954. The highest BCUT2D eigenvalue weighted by atomic mass is 35.5. The molecule has 1 amide bonds. The number of nitrogens with one attached hydrogen (secondary N) is 1. The molecule has 1 aromatic heterocycles. The van der Waals surface area contributed by atoms with Crippen molar-refractivity contribution in [3.63, 3.8) is 0 Å². The molecule has 30 heavy (non-hydrogen) atoms. The molecule has 3 N–H and O–H groups in total. The molecular formula is C22H25Cl2N3O3. The van der Waals surface area contributed by atoms with Gasteiger partial charge in [0, 0.05) is 17.5 Å². The van der Waals surface area contributed by atoms with Gasteiger partial charge in [-0.25, -0.2) is 4.98 Å². The maximum Gasteiger partial charge on any atom is 0.252 e. The van der Waals surface area contributed by atoms with Crippen LogP contribution in [0.2, 0.25) is 0 Å². The number of nitrogens with zero attached hydrogens (tertiary/aromatic N) is 1. The number of hydrogen-bond donors (Lipinski definition) is 2. The van der Waals surface area contributed by atoms with E-state index in [1.807, 2.05) is 48.5 Å². The van der Waals surface area contributed by atoms with Gasteiger partial charge in [0.15, 0.2) is 11.5 Å². The number of unbranched alkanes of at least 4 members (excludes halogenated alkanes) is 1. The van der Waals surface area contributed by atoms with E-state index in [4.69, 9.17) is 20.2 Å². The van der Waals surface area contributed by atoms with Crippen molar-refractivity contribution in [1.82, 2.24) is 10.3 Å². The standard InChI is InChI=1S/C22H23N3O3.2ClH/c23-9-3-4-10-24-22(26)17-14-19(25-18-6-2-1-5-16(17)18)15-7-8-20-21(13-15)28-12-11-27-20;;/h1-2,5-8,13-14H,3-4,9-12,23H2,(H,24,26);2*1H. The fourth-order valence-electron chi connectivity index (χ4n) is 3.28. The number of aromatic nitrogens is 1. The Labute approximate surface area is 188 Å². The van der Waals surface area contributed by atoms with Crippen LogP contribution < -0.4 is 20.5 Å². The Kier molecular flexibility index (Phi) is 8.72. The van der Waals surface area contributed by atoms with Crippen molar-refractivity contribution in [2.24, 2.45) is 5.73 Å². The second-order valence-corrected chi connectivity index (χ2v) is 6.68. The molecule has 6 nitrogen and oxygen atoms in total. The first-order valence-electron chi connectivity index (χ1n) is 9.54. The topological polar surface area (TPSA) is 86.5 Å². The Morgan fingerprint density at radius 3 is 2.57 bits per heavy atom. The molecule has 1 aliphatic rings. The minimum Gasteiger partial charge on any atom is -0.486 e. The molecule has 3 aromatic rings. The van der Waals surface area contributed by atoms with Gasteiger partial charge in [-0.1, -0.05) is 18.2 Å². The van der Waals surface area contributed by atoms with Gasteiger partial charge in [0.05, 0.1) is 16.8 Å². The van der Waals surface area contributed by atoms with E-state index in [0.717, 1.165) is 40.8 Å². The van der Waals surface area contributed by atoms with Crippen molar-refractivity contribution in [3.8, 4) is 22.8 Å². The number of amides is 1. The minimum absolute atomic E-state index is 0. The highest BCUT2D eigenvalue weighted by Crippen LogP contribution is 2.35. The zero-order valence-corrected chi connectivity index (χ0v) is 18.1. The van der Waals surface area contributed by atoms with E-state index in [1.165, 1.54) is 0 Å². The second kappa shape index (κ2) is 11.0. The van der Waals surface area contributed by atoms with Crippen LogP contribution in [0.4, 0.5) is 0 Å². The molecule has 1 aliphatic heterocycles. The lowest BCUT2D eigenvalue weighted by Gasteiger charge is -2.19. The molecule has 0 spiro atoms. The Morgan fingerprint density at radius 2 is 1.77 bits per heavy atom. The Bertz CT molecular complexity index is 1010. The van der Waals surface area contributed by atoms with Gasteiger partial charge < -0.3 is 20.5 Å². The molecule has 0 unspecified atom stereocenters. The first-order chi connectivity index (χ1) is 13.8. The molecule has 2 heterocycles. The number of ether oxygens (including phenoxy) is 2. The lowest BCUT2D eigenvalue weighted by atomic mass is 10.0. The van der Waals surface area contributed by atoms with Crippen molar-refractivity contribution in [3.05, 3.63) is 54.1 Å². The van der Waals surface area contributed by atoms with Crippen molar-refractivity contribution in [1.29, 1.82) is 0 Å². The van der Waals surface area contributed by atoms with Crippen molar-refractivity contribution in [2.45, 2.75) is 12.8 Å². The molecule has 0 bridgehead atoms. The fourth-order valence-corrected chi connectivity index (χ4v) is 3.28. The van der Waals surface area contributed by atoms with E-state index in [9.17, 15) is 4.79 Å². The number of rotatable bonds is 6. The predicted molar refractivity (Wildman–Crippen MR) is 123 cm³/mol. The summed E-state index contributed by atoms with van der Waals surface area (Å²) in [4.78, 5) is 17.6. The van der Waals surface area contributed by atoms with E-state index in [2.05, 4.69) is 5.32 Å². The number of hydrogen-bond acceptors (Lipinski definition) is 5. The third kappa shape index (κ3) is 5.14. The van der Waals surface area contributed by atoms with Crippen LogP contribution in [-0.4, -0.2) is 37.2 Å². The van der Waals surface area contributed by atoms with Gasteiger partial charge in [-0.15, -0.1) is 24.8 Å². The van der Waals surface area contributed by atoms with E-state index in [1.54, 1.807) is 0 Å². The monoisotopic (exact) mass is 449 g/mol. The SMILES string of the molecule is Cl.Cl.NCCCCNC(=O)c1cc(-c2ccc3c(c2)OCCO3)nc2ccccc12. The van der Waals surface area contributed by atoms with Gasteiger partial charge in [0.2, 0.25) is 0 Å². The van der Waals surface area contributed by atoms with Crippen LogP contribution in [0.25, 0.3) is 22.2 Å². The Hall–Kier alpha value is -2.54. The van der Waals surface area contributed by atoms with Gasteiger partial charge in [-0.2, -0.15) is 0 Å². The van der Waals surface area contributed by atoms with E-state index >= 15 is 0 Å². The summed E-state index contributed by atoms with van der Waals surface area (Å²) in [7, 11) is 0. The molecular weight excluding hydrogens is 425 g/mol. The number of pyridine rings is 1. The van der Waals surface area contributed by atoms with Crippen LogP contribution in [0.3, 0.4) is 0 Å². The predicted octanol–water partition coefficient (Wildman–Crippen LogP) is 3.99. The van der Waals surface area contributed by atoms with Crippen LogP contribution in [0.1, 0.15) is 23.2 Å². The molecule has 160 valence electrons. The highest BCUT2D eigenvalue weighted by molar-refractivity contribution is 6.07. The average molecular weight is 450 g/mol. The van der Waals surface area contributed by atoms with Gasteiger partial charge >= 0.3 is 0 Å². The second-order valence-electron chi connectivity index (χ2n) is 6.68. The summed E-state index contributed by atoms with van der Waals surface area (Å²) in [6, 6.07) is 15.2. The Morgan fingerprint density at radius 1 is 1.00 bits per heavy atom. The van der Waals surface area contributed by atoms with Gasteiger partial charge in [0.25, 0.3) is 5.91 Å². The number of para-hydroxylation sites is 1. The number of nitrogens with two attached hydrogens (primary N) is 1. The molecule has 0 atom stereocenters. The number of carbonyl (C=O) groups excluding carboxylic acids is 1. The minimum atomic E-state index is -0.102. The van der Waals surface area contributed by atoms with Crippen LogP contribution in [0.5, 0.6) is 11.5 Å². The summed E-state index contributed by atoms with van der Waals surface area (Å²) in [6.07, 6.45) is 1.75. The molecule has 0 radical (unpaired) electrons. The summed E-state index contributed by atoms with van der Waals surface area (Å²) < 4.78 is 11.3. The van der Waals surface area contributed by atoms with Gasteiger partial charge in [-0.05, 0) is 49.7 Å². The van der Waals surface area contributed by atoms with E-state index in [0.29, 0.717) is 37.6 Å². The number of halogens is 2. The summed E-state index contributed by atoms with van der Waals surface area (Å²) >= 11 is 0. The highest BCUT2D eigenvalue weighted by Gasteiger charge is 2.16. The first-order valence-corrected chi connectivity index (χ1v) is 9.54. The summed E-state index contributed by atoms with van der Waals surface area (Å²) in [5, 5.41) is 3.82. The normalized spacial score (nSPS) is 11.9. The maximum atomic E-state index is 12.8. The quantitative estimate of drug-likeness (QED) is 0.555. The maximum absolute atomic E-state index is 12.8. The zero-order chi connectivity index (χ0) is 19.3. The van der Waals surface area contributed by atoms with Crippen LogP contribution in [0, 0.1) is 0 Å². The lowest BCUT2D eigenvalue weighted by Crippen LogP contribution is -2.25. The third-order valence-corrected chi connectivity index (χ3v) is 4.72. The van der Waals surface area contributed by atoms with Gasteiger partial charge in [0.1, 0.15) is 13.2 Å². The van der Waals surface area contributed by atoms with Gasteiger partial charge in [-0.3, -0.25) is 4.79 Å². The largest absolute Gasteiger partial charge is 0.486 e. The van der Waals surface area contributed by atoms with Crippen LogP contribution in [-0.2, 0) is 0 Å². The van der Waals surface area contributed by atoms with Crippen LogP contribution >= 0.6 is 24.8 Å². The first kappa shape index (κ1) is 23.7. The van der Waals surface area contributed by atoms with Crippen LogP contribution in [0.15, 0.2) is 48.5 Å². The van der Waals surface area contributed by atoms with Crippen molar-refractivity contribution < 1.29 is 14.3 Å². The van der Waals surface area contributed by atoms with E-state index < -0.39 is 0 Å². The molecule has 0 fully saturated rings. The third-order valence-electron chi connectivity index (χ3n) is 4.72. The van der Waals surface area contributed by atoms with E-state index in [-0.39, 0.29) is 30.7 Å². The molecule has 2 aromatic carbocycles. The molecule has 0 saturated heterocycles. The summed E-state index contributed by atoms with van der Waals surface area (Å²) in [6.45, 7) is 2.31. The molecule has 0 aliphatic carbocycles. The Balaban J connectivity index is 0.00000160. The van der Waals surface area contributed by atoms with Crippen molar-refractivity contribution in [2.75, 3.05) is 26.3 Å².